The minimum atomic E-state index is -0.752. The standard InChI is InChI=1S/C21H18N2O2/c1-14-6-8-15(9-7-14)20(24)12-23-13-22-19-11-17-5-3-2-4-16(17)10-18(19)21(23)25/h2-11,13,20,24H,12H2,1H3. The maximum Gasteiger partial charge on any atom is 0.261 e. The fourth-order valence-corrected chi connectivity index (χ4v) is 3.06. The zero-order valence-corrected chi connectivity index (χ0v) is 13.9. The van der Waals surface area contributed by atoms with Gasteiger partial charge in [-0.2, -0.15) is 0 Å². The van der Waals surface area contributed by atoms with Crippen molar-refractivity contribution in [1.82, 2.24) is 9.55 Å². The SMILES string of the molecule is Cc1ccc(C(O)Cn2cnc3cc4ccccc4cc3c2=O)cc1. The van der Waals surface area contributed by atoms with E-state index in [-0.39, 0.29) is 12.1 Å². The maximum atomic E-state index is 12.8. The Morgan fingerprint density at radius 1 is 1.04 bits per heavy atom. The number of hydrogen-bond donors (Lipinski definition) is 1. The van der Waals surface area contributed by atoms with Gasteiger partial charge in [0.15, 0.2) is 0 Å². The van der Waals surface area contributed by atoms with E-state index in [0.717, 1.165) is 21.9 Å². The highest BCUT2D eigenvalue weighted by molar-refractivity contribution is 5.95. The molecule has 0 saturated carbocycles. The van der Waals surface area contributed by atoms with Crippen LogP contribution in [0.2, 0.25) is 0 Å². The Hall–Kier alpha value is -2.98. The van der Waals surface area contributed by atoms with Gasteiger partial charge in [-0.25, -0.2) is 4.98 Å². The molecule has 0 aliphatic heterocycles. The molecule has 4 heteroatoms. The fourth-order valence-electron chi connectivity index (χ4n) is 3.06. The number of aromatic nitrogens is 2. The van der Waals surface area contributed by atoms with Crippen LogP contribution in [0.4, 0.5) is 0 Å². The Morgan fingerprint density at radius 2 is 1.72 bits per heavy atom. The van der Waals surface area contributed by atoms with E-state index in [1.54, 1.807) is 0 Å². The molecule has 0 bridgehead atoms. The highest BCUT2D eigenvalue weighted by Crippen LogP contribution is 2.20. The lowest BCUT2D eigenvalue weighted by molar-refractivity contribution is 0.155. The Labute approximate surface area is 145 Å². The lowest BCUT2D eigenvalue weighted by atomic mass is 10.1. The van der Waals surface area contributed by atoms with E-state index in [4.69, 9.17) is 0 Å². The molecule has 4 aromatic rings. The normalized spacial score (nSPS) is 12.6. The van der Waals surface area contributed by atoms with Gasteiger partial charge in [-0.05, 0) is 35.4 Å². The molecule has 124 valence electrons. The molecule has 0 fully saturated rings. The zero-order chi connectivity index (χ0) is 17.4. The Balaban J connectivity index is 1.74. The van der Waals surface area contributed by atoms with Crippen LogP contribution in [0.5, 0.6) is 0 Å². The van der Waals surface area contributed by atoms with Gasteiger partial charge in [0.2, 0.25) is 0 Å². The van der Waals surface area contributed by atoms with Gasteiger partial charge in [-0.3, -0.25) is 9.36 Å². The Bertz CT molecular complexity index is 1110. The molecule has 4 rings (SSSR count). The van der Waals surface area contributed by atoms with Gasteiger partial charge in [-0.15, -0.1) is 0 Å². The molecule has 0 aliphatic carbocycles. The van der Waals surface area contributed by atoms with E-state index in [1.807, 2.05) is 67.6 Å². The molecule has 0 saturated heterocycles. The van der Waals surface area contributed by atoms with Crippen LogP contribution in [0.3, 0.4) is 0 Å². The van der Waals surface area contributed by atoms with Crippen LogP contribution >= 0.6 is 0 Å². The number of nitrogens with zero attached hydrogens (tertiary/aromatic N) is 2. The molecule has 0 spiro atoms. The molecule has 0 aliphatic rings. The third kappa shape index (κ3) is 2.92. The van der Waals surface area contributed by atoms with Gasteiger partial charge in [-0.1, -0.05) is 54.1 Å². The smallest absolute Gasteiger partial charge is 0.261 e. The summed E-state index contributed by atoms with van der Waals surface area (Å²) < 4.78 is 1.47. The summed E-state index contributed by atoms with van der Waals surface area (Å²) in [6.07, 6.45) is 0.759. The van der Waals surface area contributed by atoms with Crippen molar-refractivity contribution in [2.45, 2.75) is 19.6 Å². The largest absolute Gasteiger partial charge is 0.387 e. The quantitative estimate of drug-likeness (QED) is 0.584. The fraction of sp³-hybridized carbons (Fsp3) is 0.143. The van der Waals surface area contributed by atoms with Crippen LogP contribution < -0.4 is 5.56 Å². The summed E-state index contributed by atoms with van der Waals surface area (Å²) in [5.74, 6) is 0. The van der Waals surface area contributed by atoms with Gasteiger partial charge >= 0.3 is 0 Å². The first-order valence-electron chi connectivity index (χ1n) is 8.24. The lowest BCUT2D eigenvalue weighted by Crippen LogP contribution is -2.23. The first-order chi connectivity index (χ1) is 12.1. The summed E-state index contributed by atoms with van der Waals surface area (Å²) in [5.41, 5.74) is 2.45. The first-order valence-corrected chi connectivity index (χ1v) is 8.24. The Morgan fingerprint density at radius 3 is 2.44 bits per heavy atom. The van der Waals surface area contributed by atoms with E-state index >= 15 is 0 Å². The third-order valence-corrected chi connectivity index (χ3v) is 4.52. The average Bonchev–Trinajstić information content (AvgIpc) is 2.63. The second kappa shape index (κ2) is 6.15. The molecule has 1 heterocycles. The molecular formula is C21H18N2O2. The third-order valence-electron chi connectivity index (χ3n) is 4.52. The van der Waals surface area contributed by atoms with Crippen molar-refractivity contribution in [2.75, 3.05) is 0 Å². The summed E-state index contributed by atoms with van der Waals surface area (Å²) in [6.45, 7) is 2.18. The second-order valence-corrected chi connectivity index (χ2v) is 6.35. The van der Waals surface area contributed by atoms with Crippen molar-refractivity contribution in [3.05, 3.63) is 88.5 Å². The molecule has 0 amide bonds. The van der Waals surface area contributed by atoms with Gasteiger partial charge < -0.3 is 5.11 Å². The van der Waals surface area contributed by atoms with Crippen LogP contribution in [0, 0.1) is 6.92 Å². The zero-order valence-electron chi connectivity index (χ0n) is 13.9. The monoisotopic (exact) mass is 330 g/mol. The highest BCUT2D eigenvalue weighted by Gasteiger charge is 2.12. The van der Waals surface area contributed by atoms with Gasteiger partial charge in [0, 0.05) is 0 Å². The van der Waals surface area contributed by atoms with Crippen LogP contribution in [0.25, 0.3) is 21.7 Å². The van der Waals surface area contributed by atoms with Crippen molar-refractivity contribution in [2.24, 2.45) is 0 Å². The number of rotatable bonds is 3. The van der Waals surface area contributed by atoms with Gasteiger partial charge in [0.05, 0.1) is 29.9 Å². The predicted octanol–water partition coefficient (Wildman–Crippen LogP) is 3.59. The van der Waals surface area contributed by atoms with Crippen LogP contribution in [0.15, 0.2) is 71.8 Å². The second-order valence-electron chi connectivity index (χ2n) is 6.35. The van der Waals surface area contributed by atoms with E-state index in [0.29, 0.717) is 10.9 Å². The van der Waals surface area contributed by atoms with E-state index in [2.05, 4.69) is 4.98 Å². The number of aryl methyl sites for hydroxylation is 1. The number of hydrogen-bond acceptors (Lipinski definition) is 3. The molecule has 1 unspecified atom stereocenters. The predicted molar refractivity (Wildman–Crippen MR) is 99.6 cm³/mol. The van der Waals surface area contributed by atoms with Crippen molar-refractivity contribution in [1.29, 1.82) is 0 Å². The van der Waals surface area contributed by atoms with E-state index < -0.39 is 6.10 Å². The molecule has 25 heavy (non-hydrogen) atoms. The number of benzene rings is 3. The molecule has 1 atom stereocenters. The lowest BCUT2D eigenvalue weighted by Gasteiger charge is -2.13. The summed E-state index contributed by atoms with van der Waals surface area (Å²) in [6, 6.07) is 19.4. The number of aliphatic hydroxyl groups excluding tert-OH is 1. The van der Waals surface area contributed by atoms with Crippen molar-refractivity contribution in [3.8, 4) is 0 Å². The minimum Gasteiger partial charge on any atom is -0.387 e. The average molecular weight is 330 g/mol. The van der Waals surface area contributed by atoms with E-state index in [9.17, 15) is 9.90 Å². The van der Waals surface area contributed by atoms with Crippen molar-refractivity contribution < 1.29 is 5.11 Å². The van der Waals surface area contributed by atoms with Crippen LogP contribution in [-0.4, -0.2) is 14.7 Å². The van der Waals surface area contributed by atoms with Crippen LogP contribution in [0.1, 0.15) is 17.2 Å². The summed E-state index contributed by atoms with van der Waals surface area (Å²) >= 11 is 0. The first kappa shape index (κ1) is 15.5. The Kier molecular flexibility index (Phi) is 3.82. The highest BCUT2D eigenvalue weighted by atomic mass is 16.3. The topological polar surface area (TPSA) is 55.1 Å². The van der Waals surface area contributed by atoms with Crippen molar-refractivity contribution >= 4 is 21.7 Å². The molecule has 4 nitrogen and oxygen atoms in total. The van der Waals surface area contributed by atoms with Crippen molar-refractivity contribution in [3.63, 3.8) is 0 Å². The maximum absolute atomic E-state index is 12.8. The number of aliphatic hydroxyl groups is 1. The molecule has 1 N–H and O–H groups in total. The summed E-state index contributed by atoms with van der Waals surface area (Å²) in [5, 5.41) is 13.1. The molecule has 3 aromatic carbocycles. The van der Waals surface area contributed by atoms with Crippen LogP contribution in [-0.2, 0) is 6.54 Å². The molecule has 0 radical (unpaired) electrons. The number of fused-ring (bicyclic) bond motifs is 2. The summed E-state index contributed by atoms with van der Waals surface area (Å²) in [4.78, 5) is 17.2. The van der Waals surface area contributed by atoms with Gasteiger partial charge in [0.1, 0.15) is 0 Å². The van der Waals surface area contributed by atoms with Gasteiger partial charge in [0.25, 0.3) is 5.56 Å². The molecular weight excluding hydrogens is 312 g/mol. The molecule has 1 aromatic heterocycles. The minimum absolute atomic E-state index is 0.137. The summed E-state index contributed by atoms with van der Waals surface area (Å²) in [7, 11) is 0. The van der Waals surface area contributed by atoms with E-state index in [1.165, 1.54) is 10.9 Å².